The monoisotopic (exact) mass is 492 g/mol. The summed E-state index contributed by atoms with van der Waals surface area (Å²) in [5.74, 6) is 0.889. The third-order valence-electron chi connectivity index (χ3n) is 3.83. The fourth-order valence-corrected chi connectivity index (χ4v) is 3.99. The van der Waals surface area contributed by atoms with E-state index in [-0.39, 0.29) is 5.91 Å². The molecule has 0 atom stereocenters. The minimum absolute atomic E-state index is 0.223. The average molecular weight is 494 g/mol. The summed E-state index contributed by atoms with van der Waals surface area (Å²) in [4.78, 5) is 17.2. The second kappa shape index (κ2) is 8.17. The van der Waals surface area contributed by atoms with Crippen LogP contribution < -0.4 is 5.32 Å². The van der Waals surface area contributed by atoms with Gasteiger partial charge in [-0.05, 0) is 60.3 Å². The molecule has 0 saturated carbocycles. The number of thioether (sulfide) groups is 1. The van der Waals surface area contributed by atoms with E-state index in [1.165, 1.54) is 11.8 Å². The van der Waals surface area contributed by atoms with E-state index in [1.54, 1.807) is 30.3 Å². The molecule has 4 rings (SSSR count). The van der Waals surface area contributed by atoms with Crippen molar-refractivity contribution in [2.75, 3.05) is 0 Å². The molecule has 0 spiro atoms. The third-order valence-corrected chi connectivity index (χ3v) is 6.08. The standard InChI is InChI=1S/C20H11BrCl2N2O2S/c21-11-4-6-12(7-5-11)24-20-25-19(26)17(28-20)10-13-8-9-16(27-13)14-2-1-3-15(22)18(14)23/h1-10H,(H,24,25,26). The smallest absolute Gasteiger partial charge is 0.264 e. The molecule has 1 N–H and O–H groups in total. The largest absolute Gasteiger partial charge is 0.457 e. The molecule has 8 heteroatoms. The minimum atomic E-state index is -0.223. The summed E-state index contributed by atoms with van der Waals surface area (Å²) in [6, 6.07) is 16.4. The molecule has 0 aliphatic carbocycles. The number of furan rings is 1. The average Bonchev–Trinajstić information content (AvgIpc) is 3.26. The van der Waals surface area contributed by atoms with Gasteiger partial charge in [-0.1, -0.05) is 45.2 Å². The molecule has 28 heavy (non-hydrogen) atoms. The maximum Gasteiger partial charge on any atom is 0.264 e. The zero-order chi connectivity index (χ0) is 19.7. The first kappa shape index (κ1) is 19.3. The van der Waals surface area contributed by atoms with E-state index >= 15 is 0 Å². The molecular weight excluding hydrogens is 483 g/mol. The topological polar surface area (TPSA) is 54.6 Å². The summed E-state index contributed by atoms with van der Waals surface area (Å²) in [5.41, 5.74) is 1.45. The number of amides is 1. The Hall–Kier alpha value is -1.99. The van der Waals surface area contributed by atoms with Gasteiger partial charge in [-0.2, -0.15) is 0 Å². The number of carbonyl (C=O) groups is 1. The molecular formula is C20H11BrCl2N2O2S. The number of benzene rings is 2. The predicted molar refractivity (Wildman–Crippen MR) is 119 cm³/mol. The third kappa shape index (κ3) is 4.20. The number of carbonyl (C=O) groups excluding carboxylic acids is 1. The number of aliphatic imine (C=N–C) groups is 1. The van der Waals surface area contributed by atoms with Crippen LogP contribution >= 0.6 is 50.9 Å². The van der Waals surface area contributed by atoms with Crippen molar-refractivity contribution in [3.8, 4) is 11.3 Å². The summed E-state index contributed by atoms with van der Waals surface area (Å²) in [6.45, 7) is 0. The molecule has 4 nitrogen and oxygen atoms in total. The van der Waals surface area contributed by atoms with Crippen molar-refractivity contribution in [1.82, 2.24) is 5.32 Å². The highest BCUT2D eigenvalue weighted by Gasteiger charge is 2.24. The Bertz CT molecular complexity index is 1120. The van der Waals surface area contributed by atoms with Gasteiger partial charge in [0.05, 0.1) is 20.6 Å². The van der Waals surface area contributed by atoms with E-state index in [0.29, 0.717) is 37.2 Å². The van der Waals surface area contributed by atoms with Crippen LogP contribution in [-0.4, -0.2) is 11.1 Å². The van der Waals surface area contributed by atoms with Gasteiger partial charge in [-0.15, -0.1) is 0 Å². The van der Waals surface area contributed by atoms with Crippen molar-refractivity contribution in [1.29, 1.82) is 0 Å². The zero-order valence-corrected chi connectivity index (χ0v) is 18.0. The Kier molecular flexibility index (Phi) is 5.64. The fourth-order valence-electron chi connectivity index (χ4n) is 2.51. The molecule has 1 fully saturated rings. The molecule has 0 unspecified atom stereocenters. The predicted octanol–water partition coefficient (Wildman–Crippen LogP) is 6.91. The van der Waals surface area contributed by atoms with Crippen molar-refractivity contribution < 1.29 is 9.21 Å². The summed E-state index contributed by atoms with van der Waals surface area (Å²) in [5, 5.41) is 4.15. The zero-order valence-electron chi connectivity index (χ0n) is 14.1. The maximum absolute atomic E-state index is 12.2. The van der Waals surface area contributed by atoms with Gasteiger partial charge >= 0.3 is 0 Å². The van der Waals surface area contributed by atoms with Gasteiger partial charge in [0.15, 0.2) is 5.17 Å². The highest BCUT2D eigenvalue weighted by Crippen LogP contribution is 2.35. The molecule has 2 heterocycles. The highest BCUT2D eigenvalue weighted by atomic mass is 79.9. The quantitative estimate of drug-likeness (QED) is 0.403. The first-order valence-electron chi connectivity index (χ1n) is 8.09. The van der Waals surface area contributed by atoms with Crippen LogP contribution in [0.15, 0.2) is 73.4 Å². The lowest BCUT2D eigenvalue weighted by Gasteiger charge is -2.01. The van der Waals surface area contributed by atoms with Crippen LogP contribution in [0.5, 0.6) is 0 Å². The maximum atomic E-state index is 12.2. The molecule has 1 aliphatic heterocycles. The first-order chi connectivity index (χ1) is 13.5. The molecule has 1 amide bonds. The Labute approximate surface area is 183 Å². The summed E-state index contributed by atoms with van der Waals surface area (Å²) >= 11 is 16.9. The number of nitrogens with one attached hydrogen (secondary N) is 1. The summed E-state index contributed by atoms with van der Waals surface area (Å²) < 4.78 is 6.79. The van der Waals surface area contributed by atoms with Crippen LogP contribution in [0.2, 0.25) is 10.0 Å². The number of nitrogens with zero attached hydrogens (tertiary/aromatic N) is 1. The van der Waals surface area contributed by atoms with E-state index in [2.05, 4.69) is 26.2 Å². The molecule has 0 radical (unpaired) electrons. The van der Waals surface area contributed by atoms with Gasteiger partial charge in [-0.25, -0.2) is 4.99 Å². The van der Waals surface area contributed by atoms with Crippen molar-refractivity contribution in [2.45, 2.75) is 0 Å². The Morgan fingerprint density at radius 2 is 1.86 bits per heavy atom. The van der Waals surface area contributed by atoms with Gasteiger partial charge in [0.2, 0.25) is 0 Å². The number of hydrogen-bond donors (Lipinski definition) is 1. The SMILES string of the molecule is O=C1NC(=Nc2ccc(Br)cc2)SC1=Cc1ccc(-c2cccc(Cl)c2Cl)o1. The second-order valence-electron chi connectivity index (χ2n) is 5.76. The van der Waals surface area contributed by atoms with Crippen molar-refractivity contribution in [3.05, 3.63) is 79.8 Å². The normalized spacial score (nSPS) is 16.8. The van der Waals surface area contributed by atoms with E-state index in [0.717, 1.165) is 10.2 Å². The van der Waals surface area contributed by atoms with E-state index in [1.807, 2.05) is 30.3 Å². The minimum Gasteiger partial charge on any atom is -0.457 e. The molecule has 2 aromatic carbocycles. The fraction of sp³-hybridized carbons (Fsp3) is 0. The van der Waals surface area contributed by atoms with Crippen LogP contribution in [-0.2, 0) is 4.79 Å². The van der Waals surface area contributed by atoms with Gasteiger partial charge in [0, 0.05) is 16.1 Å². The van der Waals surface area contributed by atoms with E-state index < -0.39 is 0 Å². The van der Waals surface area contributed by atoms with Crippen molar-refractivity contribution in [2.24, 2.45) is 4.99 Å². The van der Waals surface area contributed by atoms with E-state index in [4.69, 9.17) is 27.6 Å². The number of amidine groups is 1. The molecule has 140 valence electrons. The molecule has 1 aromatic heterocycles. The van der Waals surface area contributed by atoms with Crippen molar-refractivity contribution >= 4 is 73.7 Å². The van der Waals surface area contributed by atoms with Crippen LogP contribution in [0.3, 0.4) is 0 Å². The Morgan fingerprint density at radius 3 is 2.64 bits per heavy atom. The lowest BCUT2D eigenvalue weighted by Crippen LogP contribution is -2.19. The molecule has 3 aromatic rings. The Balaban J connectivity index is 1.56. The number of rotatable bonds is 3. The number of hydrogen-bond acceptors (Lipinski definition) is 4. The van der Waals surface area contributed by atoms with Gasteiger partial charge in [-0.3, -0.25) is 4.79 Å². The molecule has 1 saturated heterocycles. The van der Waals surface area contributed by atoms with Crippen molar-refractivity contribution in [3.63, 3.8) is 0 Å². The van der Waals surface area contributed by atoms with Crippen LogP contribution in [0.4, 0.5) is 5.69 Å². The summed E-state index contributed by atoms with van der Waals surface area (Å²) in [6.07, 6.45) is 1.67. The van der Waals surface area contributed by atoms with Gasteiger partial charge in [0.1, 0.15) is 11.5 Å². The van der Waals surface area contributed by atoms with Crippen LogP contribution in [0.1, 0.15) is 5.76 Å². The number of halogens is 3. The van der Waals surface area contributed by atoms with Crippen LogP contribution in [0, 0.1) is 0 Å². The Morgan fingerprint density at radius 1 is 1.07 bits per heavy atom. The van der Waals surface area contributed by atoms with Crippen LogP contribution in [0.25, 0.3) is 17.4 Å². The first-order valence-corrected chi connectivity index (χ1v) is 10.5. The van der Waals surface area contributed by atoms with Gasteiger partial charge < -0.3 is 9.73 Å². The molecule has 0 bridgehead atoms. The van der Waals surface area contributed by atoms with Gasteiger partial charge in [0.25, 0.3) is 5.91 Å². The lowest BCUT2D eigenvalue weighted by atomic mass is 10.2. The molecule has 1 aliphatic rings. The lowest BCUT2D eigenvalue weighted by molar-refractivity contribution is -0.115. The second-order valence-corrected chi connectivity index (χ2v) is 8.49. The van der Waals surface area contributed by atoms with E-state index in [9.17, 15) is 4.79 Å². The summed E-state index contributed by atoms with van der Waals surface area (Å²) in [7, 11) is 0. The highest BCUT2D eigenvalue weighted by molar-refractivity contribution is 9.10.